The Balaban J connectivity index is 3.15. The molecule has 3 N–H and O–H groups in total. The molecule has 1 amide bonds. The van der Waals surface area contributed by atoms with Crippen LogP contribution in [0.4, 0.5) is 10.1 Å². The zero-order valence-electron chi connectivity index (χ0n) is 9.78. The molecule has 0 aromatic heterocycles. The molecule has 0 radical (unpaired) electrons. The smallest absolute Gasteiger partial charge is 0.326 e. The fraction of sp³-hybridized carbons (Fsp3) is 0.273. The van der Waals surface area contributed by atoms with Gasteiger partial charge in [-0.15, -0.1) is 0 Å². The second-order valence-corrected chi connectivity index (χ2v) is 4.22. The number of nitrogens with two attached hydrogens (primary N) is 1. The van der Waals surface area contributed by atoms with Crippen molar-refractivity contribution in [1.29, 1.82) is 0 Å². The van der Waals surface area contributed by atoms with Crippen LogP contribution >= 0.6 is 11.6 Å². The third kappa shape index (κ3) is 2.70. The number of nitrogen functional groups attached to an aromatic ring is 1. The van der Waals surface area contributed by atoms with Gasteiger partial charge in [0.25, 0.3) is 5.91 Å². The topological polar surface area (TPSA) is 83.6 Å². The molecule has 18 heavy (non-hydrogen) atoms. The molecule has 1 aromatic carbocycles. The summed E-state index contributed by atoms with van der Waals surface area (Å²) in [7, 11) is 1.29. The molecule has 0 aliphatic rings. The second-order valence-electron chi connectivity index (χ2n) is 3.78. The van der Waals surface area contributed by atoms with E-state index in [9.17, 15) is 14.0 Å². The summed E-state index contributed by atoms with van der Waals surface area (Å²) in [6.07, 6.45) is 0. The van der Waals surface area contributed by atoms with E-state index in [2.05, 4.69) is 0 Å². The number of rotatable bonds is 3. The molecule has 0 aliphatic heterocycles. The Bertz CT molecular complexity index is 507. The van der Waals surface area contributed by atoms with Crippen LogP contribution in [0.15, 0.2) is 12.1 Å². The van der Waals surface area contributed by atoms with Crippen LogP contribution in [-0.2, 0) is 4.79 Å². The van der Waals surface area contributed by atoms with Crippen molar-refractivity contribution >= 4 is 29.2 Å². The number of carbonyl (C=O) groups excluding carboxylic acids is 1. The predicted molar refractivity (Wildman–Crippen MR) is 65.0 cm³/mol. The van der Waals surface area contributed by atoms with Crippen molar-refractivity contribution in [3.05, 3.63) is 28.5 Å². The zero-order valence-corrected chi connectivity index (χ0v) is 10.5. The first-order valence-corrected chi connectivity index (χ1v) is 5.38. The first kappa shape index (κ1) is 14.2. The largest absolute Gasteiger partial charge is 0.480 e. The van der Waals surface area contributed by atoms with Crippen molar-refractivity contribution in [2.45, 2.75) is 13.0 Å². The van der Waals surface area contributed by atoms with Gasteiger partial charge in [0.2, 0.25) is 0 Å². The number of nitrogens with zero attached hydrogens (tertiary/aromatic N) is 1. The fourth-order valence-electron chi connectivity index (χ4n) is 1.29. The third-order valence-electron chi connectivity index (χ3n) is 2.58. The van der Waals surface area contributed by atoms with Crippen LogP contribution in [0.3, 0.4) is 0 Å². The Morgan fingerprint density at radius 3 is 2.56 bits per heavy atom. The summed E-state index contributed by atoms with van der Waals surface area (Å²) in [4.78, 5) is 23.7. The van der Waals surface area contributed by atoms with Crippen molar-refractivity contribution in [2.24, 2.45) is 0 Å². The van der Waals surface area contributed by atoms with Gasteiger partial charge in [0, 0.05) is 12.1 Å². The van der Waals surface area contributed by atoms with Crippen molar-refractivity contribution < 1.29 is 19.1 Å². The average Bonchev–Trinajstić information content (AvgIpc) is 2.30. The molecule has 0 fully saturated rings. The highest BCUT2D eigenvalue weighted by molar-refractivity contribution is 6.31. The average molecular weight is 275 g/mol. The third-order valence-corrected chi connectivity index (χ3v) is 2.80. The summed E-state index contributed by atoms with van der Waals surface area (Å²) in [5, 5.41) is 8.82. The van der Waals surface area contributed by atoms with Crippen LogP contribution in [0.2, 0.25) is 5.02 Å². The highest BCUT2D eigenvalue weighted by Gasteiger charge is 2.25. The number of halogens is 2. The molecule has 0 bridgehead atoms. The second kappa shape index (κ2) is 5.22. The number of carboxylic acid groups (broad SMARTS) is 1. The maximum Gasteiger partial charge on any atom is 0.326 e. The van der Waals surface area contributed by atoms with E-state index in [-0.39, 0.29) is 16.3 Å². The lowest BCUT2D eigenvalue weighted by Gasteiger charge is -2.22. The standard InChI is InChI=1S/C11H12ClFN2O3/c1-5(11(17)18)15(2)10(16)7-3-6(12)4-8(13)9(7)14/h3-5H,14H2,1-2H3,(H,17,18). The molecule has 1 unspecified atom stereocenters. The van der Waals surface area contributed by atoms with Gasteiger partial charge in [-0.1, -0.05) is 11.6 Å². The quantitative estimate of drug-likeness (QED) is 0.820. The summed E-state index contributed by atoms with van der Waals surface area (Å²) < 4.78 is 13.3. The van der Waals surface area contributed by atoms with Crippen LogP contribution in [0.1, 0.15) is 17.3 Å². The van der Waals surface area contributed by atoms with E-state index in [0.29, 0.717) is 0 Å². The molecule has 1 atom stereocenters. The normalized spacial score (nSPS) is 12.0. The zero-order chi connectivity index (χ0) is 14.0. The number of aliphatic carboxylic acids is 1. The van der Waals surface area contributed by atoms with Crippen molar-refractivity contribution in [3.8, 4) is 0 Å². The SMILES string of the molecule is CC(C(=O)O)N(C)C(=O)c1cc(Cl)cc(F)c1N. The number of benzene rings is 1. The number of anilines is 1. The van der Waals surface area contributed by atoms with E-state index < -0.39 is 23.7 Å². The lowest BCUT2D eigenvalue weighted by molar-refractivity contribution is -0.141. The summed E-state index contributed by atoms with van der Waals surface area (Å²) in [6, 6.07) is 1.13. The van der Waals surface area contributed by atoms with E-state index >= 15 is 0 Å². The minimum atomic E-state index is -1.17. The number of hydrogen-bond acceptors (Lipinski definition) is 3. The molecule has 5 nitrogen and oxygen atoms in total. The number of carbonyl (C=O) groups is 2. The van der Waals surface area contributed by atoms with E-state index in [1.165, 1.54) is 20.0 Å². The molecule has 98 valence electrons. The molecular formula is C11H12ClFN2O3. The molecule has 7 heteroatoms. The first-order valence-electron chi connectivity index (χ1n) is 5.00. The van der Waals surface area contributed by atoms with Gasteiger partial charge < -0.3 is 15.7 Å². The van der Waals surface area contributed by atoms with Gasteiger partial charge >= 0.3 is 5.97 Å². The Labute approximate surface area is 108 Å². The van der Waals surface area contributed by atoms with E-state index in [4.69, 9.17) is 22.4 Å². The maximum absolute atomic E-state index is 13.3. The molecule has 0 saturated carbocycles. The summed E-state index contributed by atoms with van der Waals surface area (Å²) in [6.45, 7) is 1.33. The highest BCUT2D eigenvalue weighted by atomic mass is 35.5. The lowest BCUT2D eigenvalue weighted by atomic mass is 10.1. The Kier molecular flexibility index (Phi) is 4.13. The number of likely N-dealkylation sites (N-methyl/N-ethyl adjacent to an activating group) is 1. The number of amides is 1. The predicted octanol–water partition coefficient (Wildman–Crippen LogP) is 1.61. The number of hydrogen-bond donors (Lipinski definition) is 2. The molecule has 1 aromatic rings. The van der Waals surface area contributed by atoms with E-state index in [1.807, 2.05) is 0 Å². The van der Waals surface area contributed by atoms with Crippen molar-refractivity contribution in [3.63, 3.8) is 0 Å². The van der Waals surface area contributed by atoms with Gasteiger partial charge in [0.05, 0.1) is 11.3 Å². The van der Waals surface area contributed by atoms with E-state index in [1.54, 1.807) is 0 Å². The minimum absolute atomic E-state index is 0.0152. The fourth-order valence-corrected chi connectivity index (χ4v) is 1.50. The van der Waals surface area contributed by atoms with Crippen LogP contribution < -0.4 is 5.73 Å². The summed E-state index contributed by atoms with van der Waals surface area (Å²) in [5.74, 6) is -2.70. The van der Waals surface area contributed by atoms with Crippen molar-refractivity contribution in [1.82, 2.24) is 4.90 Å². The molecule has 0 saturated heterocycles. The van der Waals surface area contributed by atoms with E-state index in [0.717, 1.165) is 11.0 Å². The molecule has 0 spiro atoms. The monoisotopic (exact) mass is 274 g/mol. The summed E-state index contributed by atoms with van der Waals surface area (Å²) >= 11 is 5.63. The minimum Gasteiger partial charge on any atom is -0.480 e. The number of carboxylic acids is 1. The lowest BCUT2D eigenvalue weighted by Crippen LogP contribution is -2.40. The molecule has 1 rings (SSSR count). The van der Waals surface area contributed by atoms with Crippen LogP contribution in [0.25, 0.3) is 0 Å². The van der Waals surface area contributed by atoms with Crippen molar-refractivity contribution in [2.75, 3.05) is 12.8 Å². The molecule has 0 aliphatic carbocycles. The van der Waals surface area contributed by atoms with Gasteiger partial charge in [-0.25, -0.2) is 9.18 Å². The van der Waals surface area contributed by atoms with Gasteiger partial charge in [-0.3, -0.25) is 4.79 Å². The Morgan fingerprint density at radius 1 is 1.50 bits per heavy atom. The van der Waals surface area contributed by atoms with Gasteiger partial charge in [-0.2, -0.15) is 0 Å². The van der Waals surface area contributed by atoms with Gasteiger partial charge in [0.15, 0.2) is 0 Å². The van der Waals surface area contributed by atoms with Gasteiger partial charge in [-0.05, 0) is 19.1 Å². The maximum atomic E-state index is 13.3. The Morgan fingerprint density at radius 2 is 2.06 bits per heavy atom. The first-order chi connectivity index (χ1) is 8.25. The van der Waals surface area contributed by atoms with Crippen LogP contribution in [0, 0.1) is 5.82 Å². The molecular weight excluding hydrogens is 263 g/mol. The van der Waals surface area contributed by atoms with Crippen LogP contribution in [0.5, 0.6) is 0 Å². The van der Waals surface area contributed by atoms with Gasteiger partial charge in [0.1, 0.15) is 11.9 Å². The molecule has 0 heterocycles. The highest BCUT2D eigenvalue weighted by Crippen LogP contribution is 2.23. The summed E-state index contributed by atoms with van der Waals surface area (Å²) in [5.41, 5.74) is 4.93. The van der Waals surface area contributed by atoms with Crippen LogP contribution in [-0.4, -0.2) is 35.0 Å². The Hall–Kier alpha value is -1.82.